The lowest BCUT2D eigenvalue weighted by atomic mass is 10.2. The maximum atomic E-state index is 11.4. The van der Waals surface area contributed by atoms with E-state index in [1.54, 1.807) is 6.26 Å². The Hall–Kier alpha value is -0.870. The molecule has 1 aliphatic rings. The Kier molecular flexibility index (Phi) is 3.38. The Morgan fingerprint density at radius 3 is 2.73 bits per heavy atom. The minimum atomic E-state index is -0.886. The van der Waals surface area contributed by atoms with E-state index in [0.717, 1.165) is 31.1 Å². The third-order valence-electron chi connectivity index (χ3n) is 2.63. The summed E-state index contributed by atoms with van der Waals surface area (Å²) in [5, 5.41) is 3.32. The van der Waals surface area contributed by atoms with Crippen LogP contribution in [0, 0.1) is 0 Å². The molecule has 1 atom stereocenters. The van der Waals surface area contributed by atoms with Crippen LogP contribution in [-0.2, 0) is 10.8 Å². The van der Waals surface area contributed by atoms with Crippen molar-refractivity contribution in [2.45, 2.75) is 4.90 Å². The molecular formula is C11H16N2OS. The molecule has 3 nitrogen and oxygen atoms in total. The summed E-state index contributed by atoms with van der Waals surface area (Å²) in [6.45, 7) is 4.11. The second kappa shape index (κ2) is 4.77. The van der Waals surface area contributed by atoms with Crippen molar-refractivity contribution in [2.24, 2.45) is 0 Å². The molecular weight excluding hydrogens is 208 g/mol. The van der Waals surface area contributed by atoms with Gasteiger partial charge >= 0.3 is 0 Å². The lowest BCUT2D eigenvalue weighted by Crippen LogP contribution is -2.43. The predicted molar refractivity (Wildman–Crippen MR) is 63.9 cm³/mol. The van der Waals surface area contributed by atoms with Crippen molar-refractivity contribution in [1.82, 2.24) is 5.32 Å². The van der Waals surface area contributed by atoms with Crippen molar-refractivity contribution in [2.75, 3.05) is 37.3 Å². The second-order valence-corrected chi connectivity index (χ2v) is 5.07. The first-order chi connectivity index (χ1) is 7.27. The van der Waals surface area contributed by atoms with Gasteiger partial charge in [-0.05, 0) is 18.2 Å². The lowest BCUT2D eigenvalue weighted by molar-refractivity contribution is 0.589. The maximum absolute atomic E-state index is 11.4. The van der Waals surface area contributed by atoms with E-state index >= 15 is 0 Å². The first-order valence-corrected chi connectivity index (χ1v) is 6.72. The molecule has 1 N–H and O–H groups in total. The van der Waals surface area contributed by atoms with E-state index in [2.05, 4.69) is 16.3 Å². The van der Waals surface area contributed by atoms with E-state index < -0.39 is 10.8 Å². The van der Waals surface area contributed by atoms with Gasteiger partial charge in [0.1, 0.15) is 0 Å². The average molecular weight is 224 g/mol. The van der Waals surface area contributed by atoms with Gasteiger partial charge in [0.25, 0.3) is 0 Å². The zero-order valence-corrected chi connectivity index (χ0v) is 9.72. The summed E-state index contributed by atoms with van der Waals surface area (Å²) in [4.78, 5) is 3.23. The molecule has 0 bridgehead atoms. The molecule has 0 aliphatic carbocycles. The molecule has 1 heterocycles. The van der Waals surface area contributed by atoms with Crippen LogP contribution in [-0.4, -0.2) is 36.6 Å². The van der Waals surface area contributed by atoms with Crippen LogP contribution in [0.2, 0.25) is 0 Å². The van der Waals surface area contributed by atoms with E-state index in [9.17, 15) is 4.21 Å². The average Bonchev–Trinajstić information content (AvgIpc) is 2.30. The number of rotatable bonds is 2. The van der Waals surface area contributed by atoms with E-state index in [-0.39, 0.29) is 0 Å². The maximum Gasteiger partial charge on any atom is 0.0498 e. The number of anilines is 1. The molecule has 0 saturated carbocycles. The molecule has 1 unspecified atom stereocenters. The molecule has 1 fully saturated rings. The molecule has 0 spiro atoms. The summed E-state index contributed by atoms with van der Waals surface area (Å²) in [5.41, 5.74) is 1.18. The Morgan fingerprint density at radius 1 is 1.33 bits per heavy atom. The summed E-state index contributed by atoms with van der Waals surface area (Å²) in [6, 6.07) is 8.01. The van der Waals surface area contributed by atoms with E-state index in [0.29, 0.717) is 0 Å². The first kappa shape index (κ1) is 10.6. The minimum absolute atomic E-state index is 0.886. The van der Waals surface area contributed by atoms with Crippen LogP contribution in [0.4, 0.5) is 5.69 Å². The highest BCUT2D eigenvalue weighted by Gasteiger charge is 2.10. The van der Waals surface area contributed by atoms with Crippen molar-refractivity contribution in [3.8, 4) is 0 Å². The standard InChI is InChI=1S/C11H16N2OS/c1-15(14)11-4-2-3-10(9-11)13-7-5-12-6-8-13/h2-4,9,12H,5-8H2,1H3. The van der Waals surface area contributed by atoms with Gasteiger partial charge in [-0.15, -0.1) is 0 Å². The van der Waals surface area contributed by atoms with Gasteiger partial charge in [-0.1, -0.05) is 6.07 Å². The largest absolute Gasteiger partial charge is 0.369 e. The third-order valence-corrected chi connectivity index (χ3v) is 3.55. The summed E-state index contributed by atoms with van der Waals surface area (Å²) in [6.07, 6.45) is 1.72. The lowest BCUT2D eigenvalue weighted by Gasteiger charge is -2.29. The van der Waals surface area contributed by atoms with Gasteiger partial charge in [0.05, 0.1) is 0 Å². The fraction of sp³-hybridized carbons (Fsp3) is 0.455. The molecule has 1 aromatic carbocycles. The molecule has 2 rings (SSSR count). The van der Waals surface area contributed by atoms with E-state index in [4.69, 9.17) is 0 Å². The normalized spacial score (nSPS) is 18.9. The molecule has 82 valence electrons. The van der Waals surface area contributed by atoms with Crippen LogP contribution < -0.4 is 10.2 Å². The van der Waals surface area contributed by atoms with Crippen molar-refractivity contribution in [3.05, 3.63) is 24.3 Å². The van der Waals surface area contributed by atoms with Crippen LogP contribution in [0.3, 0.4) is 0 Å². The Labute approximate surface area is 92.9 Å². The van der Waals surface area contributed by atoms with Gasteiger partial charge in [-0.2, -0.15) is 0 Å². The summed E-state index contributed by atoms with van der Waals surface area (Å²) < 4.78 is 11.4. The second-order valence-electron chi connectivity index (χ2n) is 3.69. The number of piperazine rings is 1. The zero-order chi connectivity index (χ0) is 10.7. The summed E-state index contributed by atoms with van der Waals surface area (Å²) in [5.74, 6) is 0. The smallest absolute Gasteiger partial charge is 0.0498 e. The van der Waals surface area contributed by atoms with Crippen LogP contribution in [0.25, 0.3) is 0 Å². The number of nitrogens with one attached hydrogen (secondary N) is 1. The minimum Gasteiger partial charge on any atom is -0.369 e. The van der Waals surface area contributed by atoms with Gasteiger partial charge < -0.3 is 10.2 Å². The molecule has 1 saturated heterocycles. The SMILES string of the molecule is CS(=O)c1cccc(N2CCNCC2)c1. The molecule has 1 aliphatic heterocycles. The van der Waals surface area contributed by atoms with Crippen LogP contribution in [0.15, 0.2) is 29.2 Å². The topological polar surface area (TPSA) is 32.3 Å². The molecule has 0 amide bonds. The van der Waals surface area contributed by atoms with Crippen molar-refractivity contribution >= 4 is 16.5 Å². The fourth-order valence-corrected chi connectivity index (χ4v) is 2.34. The Morgan fingerprint density at radius 2 is 2.07 bits per heavy atom. The highest BCUT2D eigenvalue weighted by molar-refractivity contribution is 7.84. The van der Waals surface area contributed by atoms with Gasteiger partial charge in [0, 0.05) is 53.8 Å². The predicted octanol–water partition coefficient (Wildman–Crippen LogP) is 0.834. The highest BCUT2D eigenvalue weighted by Crippen LogP contribution is 2.18. The Bertz CT molecular complexity index is 361. The zero-order valence-electron chi connectivity index (χ0n) is 8.90. The van der Waals surface area contributed by atoms with Crippen LogP contribution >= 0.6 is 0 Å². The van der Waals surface area contributed by atoms with Gasteiger partial charge in [0.15, 0.2) is 0 Å². The van der Waals surface area contributed by atoms with Gasteiger partial charge in [0.2, 0.25) is 0 Å². The monoisotopic (exact) mass is 224 g/mol. The van der Waals surface area contributed by atoms with Crippen molar-refractivity contribution in [1.29, 1.82) is 0 Å². The summed E-state index contributed by atoms with van der Waals surface area (Å²) >= 11 is 0. The molecule has 4 heteroatoms. The van der Waals surface area contributed by atoms with Gasteiger partial charge in [-0.3, -0.25) is 4.21 Å². The first-order valence-electron chi connectivity index (χ1n) is 5.16. The third kappa shape index (κ3) is 2.58. The highest BCUT2D eigenvalue weighted by atomic mass is 32.2. The molecule has 15 heavy (non-hydrogen) atoms. The number of hydrogen-bond donors (Lipinski definition) is 1. The van der Waals surface area contributed by atoms with Crippen molar-refractivity contribution in [3.63, 3.8) is 0 Å². The summed E-state index contributed by atoms with van der Waals surface area (Å²) in [7, 11) is -0.886. The number of benzene rings is 1. The molecule has 1 aromatic rings. The molecule has 0 radical (unpaired) electrons. The quantitative estimate of drug-likeness (QED) is 0.808. The van der Waals surface area contributed by atoms with E-state index in [1.165, 1.54) is 5.69 Å². The van der Waals surface area contributed by atoms with Gasteiger partial charge in [-0.25, -0.2) is 0 Å². The van der Waals surface area contributed by atoms with Crippen molar-refractivity contribution < 1.29 is 4.21 Å². The van der Waals surface area contributed by atoms with E-state index in [1.807, 2.05) is 18.2 Å². The fourth-order valence-electron chi connectivity index (χ4n) is 1.78. The van der Waals surface area contributed by atoms with Crippen LogP contribution in [0.1, 0.15) is 0 Å². The number of nitrogens with zero attached hydrogens (tertiary/aromatic N) is 1. The number of hydrogen-bond acceptors (Lipinski definition) is 3. The Balaban J connectivity index is 2.19. The van der Waals surface area contributed by atoms with Crippen LogP contribution in [0.5, 0.6) is 0 Å². The molecule has 0 aromatic heterocycles.